The van der Waals surface area contributed by atoms with Crippen LogP contribution in [0.1, 0.15) is 43.4 Å². The van der Waals surface area contributed by atoms with Crippen molar-refractivity contribution >= 4 is 23.7 Å². The van der Waals surface area contributed by atoms with Gasteiger partial charge >= 0.3 is 0 Å². The van der Waals surface area contributed by atoms with Crippen LogP contribution in [-0.4, -0.2) is 27.9 Å². The number of hydrogen-bond acceptors (Lipinski definition) is 5. The average molecular weight is 351 g/mol. The molecule has 0 radical (unpaired) electrons. The minimum Gasteiger partial charge on any atom is -0.355 e. The number of rotatable bonds is 6. The molecule has 0 saturated heterocycles. The monoisotopic (exact) mass is 351 g/mol. The molecule has 2 aromatic heterocycles. The van der Waals surface area contributed by atoms with Gasteiger partial charge in [0.1, 0.15) is 5.82 Å². The van der Waals surface area contributed by atoms with E-state index in [-0.39, 0.29) is 5.91 Å². The van der Waals surface area contributed by atoms with Gasteiger partial charge in [-0.2, -0.15) is 0 Å². The van der Waals surface area contributed by atoms with Crippen LogP contribution in [0.25, 0.3) is 6.08 Å². The molecule has 2 N–H and O–H groups in total. The molecule has 0 atom stereocenters. The summed E-state index contributed by atoms with van der Waals surface area (Å²) in [5.41, 5.74) is 2.50. The summed E-state index contributed by atoms with van der Waals surface area (Å²) in [4.78, 5) is 25.4. The van der Waals surface area contributed by atoms with E-state index in [9.17, 15) is 4.79 Å². The van der Waals surface area contributed by atoms with Crippen LogP contribution in [0.5, 0.6) is 0 Å². The first kappa shape index (κ1) is 18.0. The largest absolute Gasteiger partial charge is 0.355 e. The first-order chi connectivity index (χ1) is 12.7. The van der Waals surface area contributed by atoms with Crippen molar-refractivity contribution in [3.63, 3.8) is 0 Å². The molecule has 26 heavy (non-hydrogen) atoms. The lowest BCUT2D eigenvalue weighted by molar-refractivity contribution is -0.117. The van der Waals surface area contributed by atoms with Crippen molar-refractivity contribution in [1.29, 1.82) is 0 Å². The molecule has 6 heteroatoms. The van der Waals surface area contributed by atoms with Gasteiger partial charge in [-0.05, 0) is 37.5 Å². The summed E-state index contributed by atoms with van der Waals surface area (Å²) in [6.07, 6.45) is 11.1. The van der Waals surface area contributed by atoms with Crippen LogP contribution >= 0.6 is 0 Å². The van der Waals surface area contributed by atoms with Crippen molar-refractivity contribution in [1.82, 2.24) is 20.3 Å². The maximum Gasteiger partial charge on any atom is 0.246 e. The second-order valence-corrected chi connectivity index (χ2v) is 6.68. The van der Waals surface area contributed by atoms with Gasteiger partial charge in [0.15, 0.2) is 0 Å². The summed E-state index contributed by atoms with van der Waals surface area (Å²) in [6.45, 7) is 1.92. The predicted octanol–water partition coefficient (Wildman–Crippen LogP) is 3.63. The van der Waals surface area contributed by atoms with Crippen LogP contribution in [0.2, 0.25) is 0 Å². The van der Waals surface area contributed by atoms with Crippen molar-refractivity contribution < 1.29 is 4.79 Å². The van der Waals surface area contributed by atoms with Crippen molar-refractivity contribution in [2.75, 3.05) is 12.4 Å². The molecule has 0 aliphatic heterocycles. The molecule has 1 aliphatic rings. The molecule has 0 aromatic carbocycles. The Morgan fingerprint density at radius 3 is 2.73 bits per heavy atom. The Morgan fingerprint density at radius 1 is 1.27 bits per heavy atom. The Balaban J connectivity index is 1.79. The van der Waals surface area contributed by atoms with E-state index in [4.69, 9.17) is 0 Å². The number of carbonyl (C=O) groups excluding carboxylic acids is 1. The number of aromatic nitrogens is 3. The van der Waals surface area contributed by atoms with E-state index in [1.807, 2.05) is 31.2 Å². The fourth-order valence-corrected chi connectivity index (χ4v) is 3.32. The van der Waals surface area contributed by atoms with Gasteiger partial charge in [-0.1, -0.05) is 31.7 Å². The van der Waals surface area contributed by atoms with Gasteiger partial charge < -0.3 is 10.6 Å². The van der Waals surface area contributed by atoms with Gasteiger partial charge in [-0.15, -0.1) is 0 Å². The van der Waals surface area contributed by atoms with Crippen LogP contribution in [0.3, 0.4) is 0 Å². The summed E-state index contributed by atoms with van der Waals surface area (Å²) in [5, 5.41) is 5.84. The highest BCUT2D eigenvalue weighted by Gasteiger charge is 2.20. The average Bonchev–Trinajstić information content (AvgIpc) is 3.16. The topological polar surface area (TPSA) is 79.8 Å². The van der Waals surface area contributed by atoms with Gasteiger partial charge in [-0.3, -0.25) is 4.79 Å². The molecule has 6 nitrogen and oxygen atoms in total. The maximum atomic E-state index is 12.3. The third kappa shape index (κ3) is 4.65. The molecule has 0 spiro atoms. The maximum absolute atomic E-state index is 12.3. The zero-order valence-corrected chi connectivity index (χ0v) is 15.3. The zero-order valence-electron chi connectivity index (χ0n) is 15.3. The van der Waals surface area contributed by atoms with Gasteiger partial charge in [0, 0.05) is 30.6 Å². The number of amides is 1. The van der Waals surface area contributed by atoms with Crippen LogP contribution in [0.15, 0.2) is 36.2 Å². The fourth-order valence-electron chi connectivity index (χ4n) is 3.32. The summed E-state index contributed by atoms with van der Waals surface area (Å²) in [7, 11) is 1.67. The first-order valence-corrected chi connectivity index (χ1v) is 9.10. The molecule has 1 aliphatic carbocycles. The molecular formula is C20H25N5O. The molecule has 1 amide bonds. The molecule has 2 heterocycles. The van der Waals surface area contributed by atoms with E-state index in [1.54, 1.807) is 19.4 Å². The number of pyridine rings is 1. The summed E-state index contributed by atoms with van der Waals surface area (Å²) in [6, 6.07) is 5.62. The van der Waals surface area contributed by atoms with E-state index >= 15 is 0 Å². The smallest absolute Gasteiger partial charge is 0.246 e. The van der Waals surface area contributed by atoms with Gasteiger partial charge in [0.05, 0.1) is 5.69 Å². The van der Waals surface area contributed by atoms with E-state index in [0.717, 1.165) is 23.3 Å². The highest BCUT2D eigenvalue weighted by molar-refractivity contribution is 5.97. The second-order valence-electron chi connectivity index (χ2n) is 6.68. The second kappa shape index (κ2) is 8.56. The number of aryl methyl sites for hydroxylation is 1. The fraction of sp³-hybridized carbons (Fsp3) is 0.400. The van der Waals surface area contributed by atoms with Crippen LogP contribution in [-0.2, 0) is 4.79 Å². The Kier molecular flexibility index (Phi) is 5.94. The highest BCUT2D eigenvalue weighted by Crippen LogP contribution is 2.31. The lowest BCUT2D eigenvalue weighted by atomic mass is 9.96. The SMILES string of the molecule is CNC(=O)/C(=C/c1cnc(Nc2ccccn2)nc1C)CC1CCCC1. The number of anilines is 2. The predicted molar refractivity (Wildman–Crippen MR) is 103 cm³/mol. The Labute approximate surface area is 154 Å². The van der Waals surface area contributed by atoms with Crippen LogP contribution < -0.4 is 10.6 Å². The number of hydrogen-bond donors (Lipinski definition) is 2. The van der Waals surface area contributed by atoms with Crippen LogP contribution in [0, 0.1) is 12.8 Å². The van der Waals surface area contributed by atoms with E-state index in [2.05, 4.69) is 25.6 Å². The van der Waals surface area contributed by atoms with Gasteiger partial charge in [0.25, 0.3) is 0 Å². The molecule has 3 rings (SSSR count). The lowest BCUT2D eigenvalue weighted by Crippen LogP contribution is -2.21. The first-order valence-electron chi connectivity index (χ1n) is 9.10. The normalized spacial score (nSPS) is 15.1. The molecular weight excluding hydrogens is 326 g/mol. The minimum absolute atomic E-state index is 0.0213. The standard InChI is InChI=1S/C20H25N5O/c1-14-17(12-16(19(26)21-2)11-15-7-3-4-8-15)13-23-20(24-14)25-18-9-5-6-10-22-18/h5-6,9-10,12-13,15H,3-4,7-8,11H2,1-2H3,(H,21,26)(H,22,23,24,25)/b16-12+. The van der Waals surface area contributed by atoms with Crippen molar-refractivity contribution in [3.8, 4) is 0 Å². The summed E-state index contributed by atoms with van der Waals surface area (Å²) < 4.78 is 0. The molecule has 0 bridgehead atoms. The minimum atomic E-state index is -0.0213. The molecule has 1 saturated carbocycles. The van der Waals surface area contributed by atoms with Crippen molar-refractivity contribution in [2.24, 2.45) is 5.92 Å². The van der Waals surface area contributed by atoms with Gasteiger partial charge in [0.2, 0.25) is 11.9 Å². The van der Waals surface area contributed by atoms with Gasteiger partial charge in [-0.25, -0.2) is 15.0 Å². The quantitative estimate of drug-likeness (QED) is 0.777. The molecule has 0 unspecified atom stereocenters. The Bertz CT molecular complexity index is 782. The third-order valence-electron chi connectivity index (χ3n) is 4.75. The zero-order chi connectivity index (χ0) is 18.4. The van der Waals surface area contributed by atoms with Crippen molar-refractivity contribution in [3.05, 3.63) is 47.4 Å². The van der Waals surface area contributed by atoms with E-state index in [1.165, 1.54) is 25.7 Å². The number of carbonyl (C=O) groups is 1. The molecule has 2 aromatic rings. The van der Waals surface area contributed by atoms with E-state index < -0.39 is 0 Å². The lowest BCUT2D eigenvalue weighted by Gasteiger charge is -2.12. The number of nitrogens with zero attached hydrogens (tertiary/aromatic N) is 3. The Morgan fingerprint density at radius 2 is 2.08 bits per heavy atom. The Hall–Kier alpha value is -2.76. The highest BCUT2D eigenvalue weighted by atomic mass is 16.1. The summed E-state index contributed by atoms with van der Waals surface area (Å²) >= 11 is 0. The molecule has 136 valence electrons. The third-order valence-corrected chi connectivity index (χ3v) is 4.75. The molecule has 1 fully saturated rings. The number of likely N-dealkylation sites (N-methyl/N-ethyl adjacent to an activating group) is 1. The number of nitrogens with one attached hydrogen (secondary N) is 2. The summed E-state index contributed by atoms with van der Waals surface area (Å²) in [5.74, 6) is 1.77. The van der Waals surface area contributed by atoms with Crippen molar-refractivity contribution in [2.45, 2.75) is 39.0 Å². The van der Waals surface area contributed by atoms with E-state index in [0.29, 0.717) is 17.7 Å². The van der Waals surface area contributed by atoms with Crippen LogP contribution in [0.4, 0.5) is 11.8 Å².